The molecule has 0 atom stereocenters. The van der Waals surface area contributed by atoms with Crippen LogP contribution in [0.2, 0.25) is 5.02 Å². The fraction of sp³-hybridized carbons (Fsp3) is 0.400. The highest BCUT2D eigenvalue weighted by Gasteiger charge is 2.22. The maximum absolute atomic E-state index is 6.07. The molecule has 1 aromatic carbocycles. The Labute approximate surface area is 86.1 Å². The van der Waals surface area contributed by atoms with E-state index in [1.54, 1.807) is 0 Å². The van der Waals surface area contributed by atoms with Crippen molar-refractivity contribution in [3.63, 3.8) is 0 Å². The molecule has 0 N–H and O–H groups in total. The minimum absolute atomic E-state index is 0.899. The third-order valence-electron chi connectivity index (χ3n) is 2.22. The van der Waals surface area contributed by atoms with Crippen molar-refractivity contribution < 1.29 is 0 Å². The summed E-state index contributed by atoms with van der Waals surface area (Å²) < 4.78 is 1.06. The first kappa shape index (κ1) is 8.58. The van der Waals surface area contributed by atoms with E-state index < -0.39 is 0 Å². The van der Waals surface area contributed by atoms with E-state index in [-0.39, 0.29) is 0 Å². The van der Waals surface area contributed by atoms with Crippen LogP contribution >= 0.6 is 27.5 Å². The zero-order valence-electron chi connectivity index (χ0n) is 6.69. The molecule has 0 unspecified atom stereocenters. The summed E-state index contributed by atoms with van der Waals surface area (Å²) in [5.41, 5.74) is 1.29. The highest BCUT2D eigenvalue weighted by Crippen LogP contribution is 2.35. The second-order valence-corrected chi connectivity index (χ2v) is 4.71. The van der Waals surface area contributed by atoms with E-state index >= 15 is 0 Å². The fourth-order valence-electron chi connectivity index (χ4n) is 1.32. The highest BCUT2D eigenvalue weighted by molar-refractivity contribution is 9.10. The van der Waals surface area contributed by atoms with Crippen LogP contribution in [-0.2, 0) is 6.42 Å². The monoisotopic (exact) mass is 244 g/mol. The van der Waals surface area contributed by atoms with Crippen molar-refractivity contribution in [3.8, 4) is 0 Å². The summed E-state index contributed by atoms with van der Waals surface area (Å²) in [5.74, 6) is 0.906. The zero-order chi connectivity index (χ0) is 8.55. The smallest absolute Gasteiger partial charge is 0.0449 e. The van der Waals surface area contributed by atoms with Crippen molar-refractivity contribution >= 4 is 27.5 Å². The van der Waals surface area contributed by atoms with E-state index in [1.165, 1.54) is 18.4 Å². The third kappa shape index (κ3) is 2.02. The molecule has 0 amide bonds. The van der Waals surface area contributed by atoms with Crippen LogP contribution < -0.4 is 0 Å². The summed E-state index contributed by atoms with van der Waals surface area (Å²) >= 11 is 9.47. The van der Waals surface area contributed by atoms with Gasteiger partial charge >= 0.3 is 0 Å². The maximum Gasteiger partial charge on any atom is 0.0449 e. The first-order valence-corrected chi connectivity index (χ1v) is 5.37. The Bertz CT molecular complexity index is 292. The Hall–Kier alpha value is -0.0100. The Morgan fingerprint density at radius 2 is 2.17 bits per heavy atom. The fourth-order valence-corrected chi connectivity index (χ4v) is 2.07. The lowest BCUT2D eigenvalue weighted by Gasteiger charge is -2.02. The van der Waals surface area contributed by atoms with E-state index in [0.717, 1.165) is 21.8 Å². The van der Waals surface area contributed by atoms with Gasteiger partial charge in [0.25, 0.3) is 0 Å². The van der Waals surface area contributed by atoms with Gasteiger partial charge in [-0.15, -0.1) is 0 Å². The summed E-state index contributed by atoms with van der Waals surface area (Å²) in [4.78, 5) is 0. The van der Waals surface area contributed by atoms with Crippen molar-refractivity contribution in [2.45, 2.75) is 19.3 Å². The van der Waals surface area contributed by atoms with Gasteiger partial charge in [0.15, 0.2) is 0 Å². The predicted molar refractivity (Wildman–Crippen MR) is 55.6 cm³/mol. The molecule has 12 heavy (non-hydrogen) atoms. The summed E-state index contributed by atoms with van der Waals surface area (Å²) in [6, 6.07) is 6.15. The number of rotatable bonds is 2. The highest BCUT2D eigenvalue weighted by atomic mass is 79.9. The second-order valence-electron chi connectivity index (χ2n) is 3.38. The average molecular weight is 246 g/mol. The van der Waals surface area contributed by atoms with Crippen LogP contribution in [0, 0.1) is 5.92 Å². The molecule has 2 rings (SSSR count). The van der Waals surface area contributed by atoms with Crippen molar-refractivity contribution in [3.05, 3.63) is 33.3 Å². The molecule has 0 aliphatic heterocycles. The molecule has 0 aromatic heterocycles. The molecule has 0 bridgehead atoms. The van der Waals surface area contributed by atoms with Crippen LogP contribution in [0.3, 0.4) is 0 Å². The van der Waals surface area contributed by atoms with E-state index in [9.17, 15) is 0 Å². The zero-order valence-corrected chi connectivity index (χ0v) is 9.03. The lowest BCUT2D eigenvalue weighted by Crippen LogP contribution is -1.87. The van der Waals surface area contributed by atoms with Crippen LogP contribution in [0.15, 0.2) is 22.7 Å². The number of hydrogen-bond acceptors (Lipinski definition) is 0. The third-order valence-corrected chi connectivity index (χ3v) is 3.07. The van der Waals surface area contributed by atoms with Gasteiger partial charge in [-0.1, -0.05) is 33.6 Å². The molecule has 64 valence electrons. The van der Waals surface area contributed by atoms with E-state index in [2.05, 4.69) is 28.1 Å². The molecule has 1 fully saturated rings. The van der Waals surface area contributed by atoms with Gasteiger partial charge in [-0.2, -0.15) is 0 Å². The molecule has 1 aliphatic carbocycles. The van der Waals surface area contributed by atoms with E-state index in [1.807, 2.05) is 6.07 Å². The van der Waals surface area contributed by atoms with Crippen LogP contribution in [-0.4, -0.2) is 0 Å². The van der Waals surface area contributed by atoms with Gasteiger partial charge in [-0.05, 0) is 42.9 Å². The minimum Gasteiger partial charge on any atom is -0.0840 e. The minimum atomic E-state index is 0.899. The van der Waals surface area contributed by atoms with Gasteiger partial charge in [0, 0.05) is 9.50 Å². The Morgan fingerprint density at radius 1 is 1.42 bits per heavy atom. The molecular weight excluding hydrogens is 235 g/mol. The lowest BCUT2D eigenvalue weighted by atomic mass is 10.1. The number of hydrogen-bond donors (Lipinski definition) is 0. The standard InChI is InChI=1S/C10H10BrCl/c11-9-4-3-8(10(12)6-9)5-7-1-2-7/h3-4,6-7H,1-2,5H2. The van der Waals surface area contributed by atoms with Gasteiger partial charge in [-0.3, -0.25) is 0 Å². The number of halogens is 2. The summed E-state index contributed by atoms with van der Waals surface area (Å²) in [6.07, 6.45) is 3.92. The van der Waals surface area contributed by atoms with E-state index in [4.69, 9.17) is 11.6 Å². The largest absolute Gasteiger partial charge is 0.0840 e. The van der Waals surface area contributed by atoms with Crippen molar-refractivity contribution in [1.29, 1.82) is 0 Å². The molecule has 0 nitrogen and oxygen atoms in total. The normalized spacial score (nSPS) is 16.5. The van der Waals surface area contributed by atoms with Crippen LogP contribution in [0.4, 0.5) is 0 Å². The lowest BCUT2D eigenvalue weighted by molar-refractivity contribution is 0.832. The van der Waals surface area contributed by atoms with Gasteiger partial charge < -0.3 is 0 Å². The van der Waals surface area contributed by atoms with Crippen molar-refractivity contribution in [2.24, 2.45) is 5.92 Å². The summed E-state index contributed by atoms with van der Waals surface area (Å²) in [7, 11) is 0. The molecule has 2 heteroatoms. The van der Waals surface area contributed by atoms with Gasteiger partial charge in [-0.25, -0.2) is 0 Å². The number of benzene rings is 1. The maximum atomic E-state index is 6.07. The molecule has 0 radical (unpaired) electrons. The Kier molecular flexibility index (Phi) is 2.42. The quantitative estimate of drug-likeness (QED) is 0.737. The first-order valence-electron chi connectivity index (χ1n) is 4.19. The molecule has 1 aromatic rings. The summed E-state index contributed by atoms with van der Waals surface area (Å²) in [6.45, 7) is 0. The molecule has 1 aliphatic rings. The predicted octanol–water partition coefficient (Wildman–Crippen LogP) is 4.06. The SMILES string of the molecule is Clc1cc(Br)ccc1CC1CC1. The second kappa shape index (κ2) is 3.39. The van der Waals surface area contributed by atoms with Gasteiger partial charge in [0.2, 0.25) is 0 Å². The molecule has 0 heterocycles. The van der Waals surface area contributed by atoms with E-state index in [0.29, 0.717) is 0 Å². The summed E-state index contributed by atoms with van der Waals surface area (Å²) in [5, 5.41) is 0.899. The average Bonchev–Trinajstić information content (AvgIpc) is 2.79. The van der Waals surface area contributed by atoms with Crippen LogP contribution in [0.25, 0.3) is 0 Å². The van der Waals surface area contributed by atoms with Crippen molar-refractivity contribution in [2.75, 3.05) is 0 Å². The molecule has 1 saturated carbocycles. The Morgan fingerprint density at radius 3 is 2.75 bits per heavy atom. The molecule has 0 saturated heterocycles. The topological polar surface area (TPSA) is 0 Å². The molecule has 0 spiro atoms. The first-order chi connectivity index (χ1) is 5.75. The Balaban J connectivity index is 2.18. The van der Waals surface area contributed by atoms with Crippen molar-refractivity contribution in [1.82, 2.24) is 0 Å². The van der Waals surface area contributed by atoms with Crippen LogP contribution in [0.1, 0.15) is 18.4 Å². The molecular formula is C10H10BrCl. The van der Waals surface area contributed by atoms with Crippen LogP contribution in [0.5, 0.6) is 0 Å². The van der Waals surface area contributed by atoms with Gasteiger partial charge in [0.1, 0.15) is 0 Å². The van der Waals surface area contributed by atoms with Gasteiger partial charge in [0.05, 0.1) is 0 Å².